The molecule has 0 saturated heterocycles. The summed E-state index contributed by atoms with van der Waals surface area (Å²) in [5.74, 6) is 0.310. The number of nitrogen functional groups attached to an aromatic ring is 1. The van der Waals surface area contributed by atoms with Crippen LogP contribution in [0.2, 0.25) is 0 Å². The van der Waals surface area contributed by atoms with Gasteiger partial charge in [-0.2, -0.15) is 0 Å². The van der Waals surface area contributed by atoms with Crippen LogP contribution in [-0.4, -0.2) is 19.1 Å². The highest BCUT2D eigenvalue weighted by atomic mass is 16.5. The number of hydrogen-bond acceptors (Lipinski definition) is 3. The molecule has 0 aromatic heterocycles. The minimum Gasteiger partial charge on any atom is -0.496 e. The summed E-state index contributed by atoms with van der Waals surface area (Å²) >= 11 is 0. The van der Waals surface area contributed by atoms with Crippen molar-refractivity contribution in [2.75, 3.05) is 12.8 Å². The molecule has 17 heavy (non-hydrogen) atoms. The fourth-order valence-corrected chi connectivity index (χ4v) is 1.51. The summed E-state index contributed by atoms with van der Waals surface area (Å²) in [6.07, 6.45) is 2.49. The molecule has 0 radical (unpaired) electrons. The van der Waals surface area contributed by atoms with Gasteiger partial charge in [-0.15, -0.1) is 6.58 Å². The monoisotopic (exact) mass is 234 g/mol. The Morgan fingerprint density at radius 1 is 1.65 bits per heavy atom. The third-order valence-corrected chi connectivity index (χ3v) is 2.37. The van der Waals surface area contributed by atoms with Crippen molar-refractivity contribution in [3.8, 4) is 5.75 Å². The van der Waals surface area contributed by atoms with Crippen molar-refractivity contribution >= 4 is 11.6 Å². The lowest BCUT2D eigenvalue weighted by molar-refractivity contribution is 0.0937. The summed E-state index contributed by atoms with van der Waals surface area (Å²) in [4.78, 5) is 12.0. The summed E-state index contributed by atoms with van der Waals surface area (Å²) in [5.41, 5.74) is 6.68. The minimum atomic E-state index is -0.170. The number of anilines is 1. The van der Waals surface area contributed by atoms with E-state index < -0.39 is 0 Å². The maximum absolute atomic E-state index is 12.0. The first-order valence-corrected chi connectivity index (χ1v) is 5.43. The van der Waals surface area contributed by atoms with Crippen LogP contribution in [-0.2, 0) is 0 Å². The number of carbonyl (C=O) groups excluding carboxylic acids is 1. The smallest absolute Gasteiger partial charge is 0.255 e. The normalized spacial score (nSPS) is 11.6. The van der Waals surface area contributed by atoms with E-state index in [4.69, 9.17) is 10.5 Å². The van der Waals surface area contributed by atoms with E-state index in [2.05, 4.69) is 11.9 Å². The molecule has 0 aliphatic heterocycles. The first-order valence-electron chi connectivity index (χ1n) is 5.43. The maximum atomic E-state index is 12.0. The van der Waals surface area contributed by atoms with E-state index in [1.807, 2.05) is 6.92 Å². The van der Waals surface area contributed by atoms with Gasteiger partial charge in [0.25, 0.3) is 5.91 Å². The summed E-state index contributed by atoms with van der Waals surface area (Å²) < 4.78 is 5.13. The van der Waals surface area contributed by atoms with Crippen molar-refractivity contribution in [2.45, 2.75) is 19.4 Å². The molecule has 4 heteroatoms. The SMILES string of the molecule is C=CCC(C)NC(=O)c1ccc(N)cc1OC. The highest BCUT2D eigenvalue weighted by Gasteiger charge is 2.13. The highest BCUT2D eigenvalue weighted by molar-refractivity contribution is 5.97. The second-order valence-electron chi connectivity index (χ2n) is 3.86. The quantitative estimate of drug-likeness (QED) is 0.604. The number of ether oxygens (including phenoxy) is 1. The number of nitrogens with two attached hydrogens (primary N) is 1. The number of hydrogen-bond donors (Lipinski definition) is 2. The number of carbonyl (C=O) groups is 1. The zero-order valence-corrected chi connectivity index (χ0v) is 10.2. The van der Waals surface area contributed by atoms with Gasteiger partial charge in [-0.05, 0) is 25.5 Å². The van der Waals surface area contributed by atoms with Gasteiger partial charge in [-0.1, -0.05) is 6.08 Å². The zero-order valence-electron chi connectivity index (χ0n) is 10.2. The van der Waals surface area contributed by atoms with E-state index in [-0.39, 0.29) is 11.9 Å². The van der Waals surface area contributed by atoms with Crippen LogP contribution < -0.4 is 15.8 Å². The molecule has 0 bridgehead atoms. The van der Waals surface area contributed by atoms with E-state index in [0.29, 0.717) is 17.0 Å². The van der Waals surface area contributed by atoms with Gasteiger partial charge in [0, 0.05) is 17.8 Å². The van der Waals surface area contributed by atoms with Crippen molar-refractivity contribution in [3.05, 3.63) is 36.4 Å². The average Bonchev–Trinajstić information content (AvgIpc) is 2.28. The standard InChI is InChI=1S/C13H18N2O2/c1-4-5-9(2)15-13(16)11-7-6-10(14)8-12(11)17-3/h4,6-9H,1,5,14H2,2-3H3,(H,15,16). The number of amides is 1. The molecule has 1 aromatic carbocycles. The van der Waals surface area contributed by atoms with Crippen LogP contribution in [0.25, 0.3) is 0 Å². The number of nitrogens with one attached hydrogen (secondary N) is 1. The molecular formula is C13H18N2O2. The lowest BCUT2D eigenvalue weighted by Gasteiger charge is -2.14. The molecule has 0 fully saturated rings. The van der Waals surface area contributed by atoms with E-state index in [1.54, 1.807) is 24.3 Å². The molecule has 0 aliphatic rings. The van der Waals surface area contributed by atoms with Gasteiger partial charge in [-0.3, -0.25) is 4.79 Å². The Kier molecular flexibility index (Phi) is 4.57. The van der Waals surface area contributed by atoms with Crippen molar-refractivity contribution in [1.82, 2.24) is 5.32 Å². The third-order valence-electron chi connectivity index (χ3n) is 2.37. The van der Waals surface area contributed by atoms with Crippen molar-refractivity contribution < 1.29 is 9.53 Å². The average molecular weight is 234 g/mol. The van der Waals surface area contributed by atoms with E-state index in [1.165, 1.54) is 7.11 Å². The van der Waals surface area contributed by atoms with Crippen LogP contribution in [0.4, 0.5) is 5.69 Å². The summed E-state index contributed by atoms with van der Waals surface area (Å²) in [7, 11) is 1.51. The Labute approximate surface area is 101 Å². The van der Waals surface area contributed by atoms with Gasteiger partial charge in [0.05, 0.1) is 12.7 Å². The summed E-state index contributed by atoms with van der Waals surface area (Å²) in [6, 6.07) is 5.01. The lowest BCUT2D eigenvalue weighted by atomic mass is 10.1. The molecule has 0 spiro atoms. The number of rotatable bonds is 5. The first-order chi connectivity index (χ1) is 8.08. The molecule has 1 amide bonds. The van der Waals surface area contributed by atoms with Crippen molar-refractivity contribution in [1.29, 1.82) is 0 Å². The second kappa shape index (κ2) is 5.94. The predicted octanol–water partition coefficient (Wildman–Crippen LogP) is 1.97. The summed E-state index contributed by atoms with van der Waals surface area (Å²) in [5, 5.41) is 2.86. The van der Waals surface area contributed by atoms with Crippen LogP contribution >= 0.6 is 0 Å². The molecule has 0 aliphatic carbocycles. The Hall–Kier alpha value is -1.97. The van der Waals surface area contributed by atoms with Crippen LogP contribution in [0.3, 0.4) is 0 Å². The second-order valence-corrected chi connectivity index (χ2v) is 3.86. The van der Waals surface area contributed by atoms with Gasteiger partial charge in [-0.25, -0.2) is 0 Å². The predicted molar refractivity (Wildman–Crippen MR) is 69.1 cm³/mol. The van der Waals surface area contributed by atoms with E-state index in [0.717, 1.165) is 6.42 Å². The highest BCUT2D eigenvalue weighted by Crippen LogP contribution is 2.21. The van der Waals surface area contributed by atoms with E-state index >= 15 is 0 Å². The topological polar surface area (TPSA) is 64.4 Å². The minimum absolute atomic E-state index is 0.0438. The van der Waals surface area contributed by atoms with Crippen LogP contribution in [0, 0.1) is 0 Å². The van der Waals surface area contributed by atoms with Crippen LogP contribution in [0.15, 0.2) is 30.9 Å². The third kappa shape index (κ3) is 3.52. The largest absolute Gasteiger partial charge is 0.496 e. The Bertz CT molecular complexity index is 416. The lowest BCUT2D eigenvalue weighted by Crippen LogP contribution is -2.32. The molecule has 0 heterocycles. The summed E-state index contributed by atoms with van der Waals surface area (Å²) in [6.45, 7) is 5.55. The zero-order chi connectivity index (χ0) is 12.8. The van der Waals surface area contributed by atoms with Crippen molar-refractivity contribution in [3.63, 3.8) is 0 Å². The fourth-order valence-electron chi connectivity index (χ4n) is 1.51. The van der Waals surface area contributed by atoms with Gasteiger partial charge < -0.3 is 15.8 Å². The Balaban J connectivity index is 2.84. The molecule has 0 saturated carbocycles. The Morgan fingerprint density at radius 3 is 2.94 bits per heavy atom. The Morgan fingerprint density at radius 2 is 2.35 bits per heavy atom. The van der Waals surface area contributed by atoms with Crippen LogP contribution in [0.5, 0.6) is 5.75 Å². The van der Waals surface area contributed by atoms with Crippen LogP contribution in [0.1, 0.15) is 23.7 Å². The maximum Gasteiger partial charge on any atom is 0.255 e. The molecule has 1 rings (SSSR count). The van der Waals surface area contributed by atoms with Crippen molar-refractivity contribution in [2.24, 2.45) is 0 Å². The number of methoxy groups -OCH3 is 1. The van der Waals surface area contributed by atoms with Gasteiger partial charge in [0.15, 0.2) is 0 Å². The van der Waals surface area contributed by atoms with E-state index in [9.17, 15) is 4.79 Å². The molecule has 1 unspecified atom stereocenters. The molecule has 4 nitrogen and oxygen atoms in total. The molecule has 1 atom stereocenters. The van der Waals surface area contributed by atoms with Gasteiger partial charge in [0.2, 0.25) is 0 Å². The number of benzene rings is 1. The first kappa shape index (κ1) is 13.1. The molecule has 92 valence electrons. The fraction of sp³-hybridized carbons (Fsp3) is 0.308. The molecular weight excluding hydrogens is 216 g/mol. The molecule has 1 aromatic rings. The van der Waals surface area contributed by atoms with Gasteiger partial charge in [0.1, 0.15) is 5.75 Å². The molecule has 3 N–H and O–H groups in total. The van der Waals surface area contributed by atoms with Gasteiger partial charge >= 0.3 is 0 Å².